The maximum Gasteiger partial charge on any atom is 0.129 e. The molecular weight excluding hydrogens is 286 g/mol. The van der Waals surface area contributed by atoms with Crippen LogP contribution in [0.1, 0.15) is 24.5 Å². The lowest BCUT2D eigenvalue weighted by molar-refractivity contribution is 0.0726. The van der Waals surface area contributed by atoms with E-state index in [0.717, 1.165) is 0 Å². The fraction of sp³-hybridized carbons (Fsp3) is 0.200. The minimum Gasteiger partial charge on any atom is -0.380 e. The van der Waals surface area contributed by atoms with E-state index in [1.165, 1.54) is 6.07 Å². The van der Waals surface area contributed by atoms with Crippen LogP contribution >= 0.6 is 23.2 Å². The lowest BCUT2D eigenvalue weighted by atomic mass is 9.84. The first-order chi connectivity index (χ1) is 8.99. The standard InChI is InChI=1S/C15H13Cl2FO/c1-2-15(19,11-5-3-4-6-14(11)18)10-7-8-12(16)13(17)9-10/h3-9,19H,2H2,1H3. The van der Waals surface area contributed by atoms with E-state index in [2.05, 4.69) is 0 Å². The molecule has 100 valence electrons. The van der Waals surface area contributed by atoms with E-state index in [1.54, 1.807) is 43.3 Å². The molecule has 1 atom stereocenters. The summed E-state index contributed by atoms with van der Waals surface area (Å²) >= 11 is 11.8. The van der Waals surface area contributed by atoms with Gasteiger partial charge in [-0.3, -0.25) is 0 Å². The van der Waals surface area contributed by atoms with E-state index in [-0.39, 0.29) is 5.56 Å². The summed E-state index contributed by atoms with van der Waals surface area (Å²) in [5.41, 5.74) is -0.662. The predicted molar refractivity (Wildman–Crippen MR) is 76.2 cm³/mol. The normalized spacial score (nSPS) is 14.2. The molecule has 0 spiro atoms. The van der Waals surface area contributed by atoms with Crippen molar-refractivity contribution in [3.8, 4) is 0 Å². The Bertz CT molecular complexity index is 600. The van der Waals surface area contributed by atoms with Gasteiger partial charge in [-0.15, -0.1) is 0 Å². The van der Waals surface area contributed by atoms with E-state index >= 15 is 0 Å². The van der Waals surface area contributed by atoms with E-state index in [0.29, 0.717) is 22.0 Å². The van der Waals surface area contributed by atoms with Crippen molar-refractivity contribution < 1.29 is 9.50 Å². The van der Waals surface area contributed by atoms with Crippen molar-refractivity contribution in [2.75, 3.05) is 0 Å². The van der Waals surface area contributed by atoms with Crippen LogP contribution in [0.5, 0.6) is 0 Å². The summed E-state index contributed by atoms with van der Waals surface area (Å²) in [6.07, 6.45) is 0.325. The van der Waals surface area contributed by atoms with Gasteiger partial charge < -0.3 is 5.11 Å². The fourth-order valence-corrected chi connectivity index (χ4v) is 2.40. The van der Waals surface area contributed by atoms with E-state index < -0.39 is 11.4 Å². The highest BCUT2D eigenvalue weighted by atomic mass is 35.5. The van der Waals surface area contributed by atoms with Crippen molar-refractivity contribution in [1.82, 2.24) is 0 Å². The molecule has 0 aliphatic heterocycles. The molecular formula is C15H13Cl2FO. The summed E-state index contributed by atoms with van der Waals surface area (Å²) in [5.74, 6) is -0.446. The topological polar surface area (TPSA) is 20.2 Å². The van der Waals surface area contributed by atoms with Gasteiger partial charge in [-0.05, 0) is 30.2 Å². The Morgan fingerprint density at radius 3 is 2.37 bits per heavy atom. The maximum absolute atomic E-state index is 13.9. The summed E-state index contributed by atoms with van der Waals surface area (Å²) in [6, 6.07) is 11.0. The third-order valence-electron chi connectivity index (χ3n) is 3.23. The van der Waals surface area contributed by atoms with Crippen LogP contribution in [0.2, 0.25) is 10.0 Å². The zero-order valence-electron chi connectivity index (χ0n) is 10.3. The highest BCUT2D eigenvalue weighted by Gasteiger charge is 2.32. The van der Waals surface area contributed by atoms with Crippen LogP contribution in [0, 0.1) is 5.82 Å². The number of halogens is 3. The molecule has 0 heterocycles. The largest absolute Gasteiger partial charge is 0.380 e. The molecule has 0 amide bonds. The average molecular weight is 299 g/mol. The second-order valence-corrected chi connectivity index (χ2v) is 5.14. The first kappa shape index (κ1) is 14.3. The second-order valence-electron chi connectivity index (χ2n) is 4.32. The lowest BCUT2D eigenvalue weighted by Gasteiger charge is -2.28. The first-order valence-corrected chi connectivity index (χ1v) is 6.67. The molecule has 0 radical (unpaired) electrons. The maximum atomic E-state index is 13.9. The van der Waals surface area contributed by atoms with Crippen LogP contribution in [-0.4, -0.2) is 5.11 Å². The zero-order chi connectivity index (χ0) is 14.0. The van der Waals surface area contributed by atoms with Gasteiger partial charge in [0, 0.05) is 5.56 Å². The van der Waals surface area contributed by atoms with Gasteiger partial charge in [0.2, 0.25) is 0 Å². The van der Waals surface area contributed by atoms with Crippen molar-refractivity contribution in [3.05, 3.63) is 69.5 Å². The van der Waals surface area contributed by atoms with E-state index in [4.69, 9.17) is 23.2 Å². The third-order valence-corrected chi connectivity index (χ3v) is 3.97. The van der Waals surface area contributed by atoms with Gasteiger partial charge in [0.05, 0.1) is 10.0 Å². The monoisotopic (exact) mass is 298 g/mol. The zero-order valence-corrected chi connectivity index (χ0v) is 11.8. The lowest BCUT2D eigenvalue weighted by Crippen LogP contribution is -2.27. The SMILES string of the molecule is CCC(O)(c1ccc(Cl)c(Cl)c1)c1ccccc1F. The van der Waals surface area contributed by atoms with Crippen molar-refractivity contribution in [3.63, 3.8) is 0 Å². The molecule has 1 nitrogen and oxygen atoms in total. The van der Waals surface area contributed by atoms with Gasteiger partial charge in [0.15, 0.2) is 0 Å². The Hall–Kier alpha value is -1.09. The van der Waals surface area contributed by atoms with E-state index in [1.807, 2.05) is 0 Å². The molecule has 2 aromatic rings. The Kier molecular flexibility index (Phi) is 4.14. The summed E-state index contributed by atoms with van der Waals surface area (Å²) in [6.45, 7) is 1.79. The quantitative estimate of drug-likeness (QED) is 0.865. The molecule has 0 bridgehead atoms. The highest BCUT2D eigenvalue weighted by Crippen LogP contribution is 2.36. The predicted octanol–water partition coefficient (Wildman–Crippen LogP) is 4.78. The molecule has 0 saturated carbocycles. The minimum absolute atomic E-state index is 0.232. The highest BCUT2D eigenvalue weighted by molar-refractivity contribution is 6.42. The van der Waals surface area contributed by atoms with Crippen LogP contribution in [0.3, 0.4) is 0 Å². The summed E-state index contributed by atoms with van der Waals surface area (Å²) in [7, 11) is 0. The van der Waals surface area contributed by atoms with Crippen molar-refractivity contribution in [1.29, 1.82) is 0 Å². The molecule has 0 aromatic heterocycles. The Labute approximate surface area is 121 Å². The number of benzene rings is 2. The van der Waals surface area contributed by atoms with Crippen LogP contribution in [0.4, 0.5) is 4.39 Å². The van der Waals surface area contributed by atoms with Crippen molar-refractivity contribution in [2.24, 2.45) is 0 Å². The first-order valence-electron chi connectivity index (χ1n) is 5.92. The minimum atomic E-state index is -1.42. The molecule has 1 unspecified atom stereocenters. The fourth-order valence-electron chi connectivity index (χ4n) is 2.10. The number of hydrogen-bond donors (Lipinski definition) is 1. The summed E-state index contributed by atoms with van der Waals surface area (Å²) in [4.78, 5) is 0. The average Bonchev–Trinajstić information content (AvgIpc) is 2.41. The number of rotatable bonds is 3. The van der Waals surface area contributed by atoms with Gasteiger partial charge in [0.1, 0.15) is 11.4 Å². The molecule has 4 heteroatoms. The smallest absolute Gasteiger partial charge is 0.129 e. The van der Waals surface area contributed by atoms with E-state index in [9.17, 15) is 9.50 Å². The second kappa shape index (κ2) is 5.49. The molecule has 0 fully saturated rings. The Balaban J connectivity index is 2.60. The molecule has 0 aliphatic rings. The summed E-state index contributed by atoms with van der Waals surface area (Å²) < 4.78 is 13.9. The van der Waals surface area contributed by atoms with Crippen LogP contribution in [0.25, 0.3) is 0 Å². The van der Waals surface area contributed by atoms with Gasteiger partial charge in [-0.25, -0.2) is 4.39 Å². The van der Waals surface area contributed by atoms with Gasteiger partial charge in [-0.2, -0.15) is 0 Å². The number of hydrogen-bond acceptors (Lipinski definition) is 1. The molecule has 2 rings (SSSR count). The Morgan fingerprint density at radius 1 is 1.11 bits per heavy atom. The molecule has 0 aliphatic carbocycles. The van der Waals surface area contributed by atoms with Gasteiger partial charge in [0.25, 0.3) is 0 Å². The van der Waals surface area contributed by atoms with Gasteiger partial charge in [-0.1, -0.05) is 54.4 Å². The molecule has 1 N–H and O–H groups in total. The third kappa shape index (κ3) is 2.62. The Morgan fingerprint density at radius 2 is 1.79 bits per heavy atom. The molecule has 2 aromatic carbocycles. The van der Waals surface area contributed by atoms with Crippen LogP contribution < -0.4 is 0 Å². The van der Waals surface area contributed by atoms with Crippen LogP contribution in [0.15, 0.2) is 42.5 Å². The summed E-state index contributed by atoms with van der Waals surface area (Å²) in [5, 5.41) is 11.6. The number of aliphatic hydroxyl groups is 1. The van der Waals surface area contributed by atoms with Crippen LogP contribution in [-0.2, 0) is 5.60 Å². The van der Waals surface area contributed by atoms with Crippen molar-refractivity contribution in [2.45, 2.75) is 18.9 Å². The van der Waals surface area contributed by atoms with Crippen molar-refractivity contribution >= 4 is 23.2 Å². The molecule has 0 saturated heterocycles. The van der Waals surface area contributed by atoms with Gasteiger partial charge >= 0.3 is 0 Å². The molecule has 19 heavy (non-hydrogen) atoms.